The van der Waals surface area contributed by atoms with Crippen LogP contribution in [0.1, 0.15) is 24.8 Å². The van der Waals surface area contributed by atoms with E-state index in [4.69, 9.17) is 10.5 Å². The van der Waals surface area contributed by atoms with E-state index in [0.29, 0.717) is 12.6 Å². The quantitative estimate of drug-likeness (QED) is 0.842. The molecular formula is C15H23N5O. The average molecular weight is 289 g/mol. The Morgan fingerprint density at radius 2 is 2.19 bits per heavy atom. The average Bonchev–Trinajstić information content (AvgIpc) is 2.94. The van der Waals surface area contributed by atoms with E-state index < -0.39 is 0 Å². The molecule has 1 aliphatic heterocycles. The lowest BCUT2D eigenvalue weighted by Crippen LogP contribution is -2.37. The second kappa shape index (κ2) is 6.41. The third-order valence-electron chi connectivity index (χ3n) is 3.97. The van der Waals surface area contributed by atoms with Gasteiger partial charge < -0.3 is 15.4 Å². The maximum atomic E-state index is 5.83. The van der Waals surface area contributed by atoms with Crippen molar-refractivity contribution in [2.45, 2.75) is 32.3 Å². The summed E-state index contributed by atoms with van der Waals surface area (Å²) in [7, 11) is 0. The Labute approximate surface area is 124 Å². The smallest absolute Gasteiger partial charge is 0.245 e. The molecule has 2 aromatic rings. The van der Waals surface area contributed by atoms with Crippen LogP contribution < -0.4 is 10.6 Å². The number of hydrogen-bond acceptors (Lipinski definition) is 5. The summed E-state index contributed by atoms with van der Waals surface area (Å²) in [6, 6.07) is 4.06. The molecule has 0 bridgehead atoms. The van der Waals surface area contributed by atoms with Crippen molar-refractivity contribution in [1.29, 1.82) is 0 Å². The molecule has 0 aliphatic carbocycles. The van der Waals surface area contributed by atoms with Gasteiger partial charge in [-0.1, -0.05) is 6.07 Å². The molecule has 0 radical (unpaired) electrons. The van der Waals surface area contributed by atoms with Crippen molar-refractivity contribution in [3.8, 4) is 0 Å². The van der Waals surface area contributed by atoms with E-state index in [1.807, 2.05) is 16.8 Å². The minimum atomic E-state index is 0.353. The molecule has 0 aromatic carbocycles. The summed E-state index contributed by atoms with van der Waals surface area (Å²) < 4.78 is 7.69. The van der Waals surface area contributed by atoms with Crippen molar-refractivity contribution in [2.75, 3.05) is 31.1 Å². The summed E-state index contributed by atoms with van der Waals surface area (Å²) in [5.41, 5.74) is 7.57. The highest BCUT2D eigenvalue weighted by Crippen LogP contribution is 2.20. The first-order valence-electron chi connectivity index (χ1n) is 7.66. The van der Waals surface area contributed by atoms with E-state index in [-0.39, 0.29) is 0 Å². The van der Waals surface area contributed by atoms with Gasteiger partial charge in [0.25, 0.3) is 0 Å². The van der Waals surface area contributed by atoms with Gasteiger partial charge in [-0.2, -0.15) is 4.98 Å². The normalized spacial score (nSPS) is 16.8. The van der Waals surface area contributed by atoms with Crippen LogP contribution in [0.2, 0.25) is 0 Å². The predicted octanol–water partition coefficient (Wildman–Crippen LogP) is 1.37. The second-order valence-corrected chi connectivity index (χ2v) is 5.57. The highest BCUT2D eigenvalue weighted by molar-refractivity contribution is 5.50. The molecule has 2 aromatic heterocycles. The second-order valence-electron chi connectivity index (χ2n) is 5.57. The Morgan fingerprint density at radius 1 is 1.38 bits per heavy atom. The zero-order chi connectivity index (χ0) is 14.7. The molecule has 1 saturated heterocycles. The van der Waals surface area contributed by atoms with Crippen LogP contribution in [-0.4, -0.2) is 46.9 Å². The summed E-state index contributed by atoms with van der Waals surface area (Å²) >= 11 is 0. The van der Waals surface area contributed by atoms with E-state index in [1.165, 1.54) is 0 Å². The monoisotopic (exact) mass is 289 g/mol. The summed E-state index contributed by atoms with van der Waals surface area (Å²) in [6.07, 6.45) is 5.29. The van der Waals surface area contributed by atoms with Crippen LogP contribution in [0.5, 0.6) is 0 Å². The zero-order valence-electron chi connectivity index (χ0n) is 12.5. The van der Waals surface area contributed by atoms with Gasteiger partial charge in [0.05, 0.1) is 6.10 Å². The van der Waals surface area contributed by atoms with Crippen LogP contribution in [0.4, 0.5) is 5.95 Å². The van der Waals surface area contributed by atoms with Gasteiger partial charge >= 0.3 is 0 Å². The molecule has 0 saturated carbocycles. The van der Waals surface area contributed by atoms with E-state index in [0.717, 1.165) is 56.1 Å². The molecule has 1 aliphatic rings. The van der Waals surface area contributed by atoms with E-state index in [1.54, 1.807) is 0 Å². The summed E-state index contributed by atoms with van der Waals surface area (Å²) in [5, 5.41) is 4.57. The number of nitrogens with two attached hydrogens (primary N) is 1. The SMILES string of the molecule is Cc1cccn2nc(N3CCC(OCCCN)CC3)nc12. The predicted molar refractivity (Wildman–Crippen MR) is 82.6 cm³/mol. The van der Waals surface area contributed by atoms with Gasteiger partial charge in [0, 0.05) is 25.9 Å². The fourth-order valence-corrected chi connectivity index (χ4v) is 2.72. The molecule has 6 nitrogen and oxygen atoms in total. The number of fused-ring (bicyclic) bond motifs is 1. The fourth-order valence-electron chi connectivity index (χ4n) is 2.72. The standard InChI is InChI=1S/C15H23N5O/c1-12-4-2-8-20-14(12)17-15(18-20)19-9-5-13(6-10-19)21-11-3-7-16/h2,4,8,13H,3,5-7,9-11,16H2,1H3. The number of pyridine rings is 1. The number of aryl methyl sites for hydroxylation is 1. The van der Waals surface area contributed by atoms with Gasteiger partial charge in [-0.05, 0) is 44.4 Å². The molecule has 3 heterocycles. The zero-order valence-corrected chi connectivity index (χ0v) is 12.5. The highest BCUT2D eigenvalue weighted by Gasteiger charge is 2.22. The fraction of sp³-hybridized carbons (Fsp3) is 0.600. The maximum absolute atomic E-state index is 5.83. The molecule has 3 rings (SSSR count). The lowest BCUT2D eigenvalue weighted by molar-refractivity contribution is 0.0365. The lowest BCUT2D eigenvalue weighted by atomic mass is 10.1. The molecular weight excluding hydrogens is 266 g/mol. The molecule has 114 valence electrons. The highest BCUT2D eigenvalue weighted by atomic mass is 16.5. The molecule has 0 atom stereocenters. The summed E-state index contributed by atoms with van der Waals surface area (Å²) in [5.74, 6) is 0.824. The number of aromatic nitrogens is 3. The van der Waals surface area contributed by atoms with E-state index >= 15 is 0 Å². The number of ether oxygens (including phenoxy) is 1. The molecule has 6 heteroatoms. The Bertz CT molecular complexity index is 589. The van der Waals surface area contributed by atoms with E-state index in [9.17, 15) is 0 Å². The number of hydrogen-bond donors (Lipinski definition) is 1. The number of anilines is 1. The maximum Gasteiger partial charge on any atom is 0.245 e. The van der Waals surface area contributed by atoms with Gasteiger partial charge in [-0.3, -0.25) is 0 Å². The molecule has 0 amide bonds. The van der Waals surface area contributed by atoms with Gasteiger partial charge in [-0.15, -0.1) is 5.10 Å². The van der Waals surface area contributed by atoms with Crippen LogP contribution in [-0.2, 0) is 4.74 Å². The number of piperidine rings is 1. The van der Waals surface area contributed by atoms with Crippen LogP contribution >= 0.6 is 0 Å². The Balaban J connectivity index is 1.62. The van der Waals surface area contributed by atoms with Crippen LogP contribution in [0, 0.1) is 6.92 Å². The first-order chi connectivity index (χ1) is 10.3. The summed E-state index contributed by atoms with van der Waals surface area (Å²) in [4.78, 5) is 6.90. The third kappa shape index (κ3) is 3.16. The van der Waals surface area contributed by atoms with Crippen molar-refractivity contribution in [1.82, 2.24) is 14.6 Å². The minimum Gasteiger partial charge on any atom is -0.378 e. The van der Waals surface area contributed by atoms with Crippen LogP contribution in [0.3, 0.4) is 0 Å². The van der Waals surface area contributed by atoms with E-state index in [2.05, 4.69) is 28.0 Å². The Morgan fingerprint density at radius 3 is 2.90 bits per heavy atom. The van der Waals surface area contributed by atoms with Crippen LogP contribution in [0.25, 0.3) is 5.65 Å². The Kier molecular flexibility index (Phi) is 4.36. The van der Waals surface area contributed by atoms with Crippen molar-refractivity contribution < 1.29 is 4.74 Å². The third-order valence-corrected chi connectivity index (χ3v) is 3.97. The Hall–Kier alpha value is -1.66. The van der Waals surface area contributed by atoms with Gasteiger partial charge in [0.1, 0.15) is 0 Å². The van der Waals surface area contributed by atoms with Gasteiger partial charge in [0.2, 0.25) is 5.95 Å². The minimum absolute atomic E-state index is 0.353. The summed E-state index contributed by atoms with van der Waals surface area (Å²) in [6.45, 7) is 5.42. The molecule has 0 unspecified atom stereocenters. The van der Waals surface area contributed by atoms with Crippen LogP contribution in [0.15, 0.2) is 18.3 Å². The molecule has 0 spiro atoms. The van der Waals surface area contributed by atoms with Crippen molar-refractivity contribution >= 4 is 11.6 Å². The largest absolute Gasteiger partial charge is 0.378 e. The lowest BCUT2D eigenvalue weighted by Gasteiger charge is -2.31. The number of nitrogens with zero attached hydrogens (tertiary/aromatic N) is 4. The number of rotatable bonds is 5. The van der Waals surface area contributed by atoms with Crippen molar-refractivity contribution in [3.05, 3.63) is 23.9 Å². The first-order valence-corrected chi connectivity index (χ1v) is 7.66. The molecule has 21 heavy (non-hydrogen) atoms. The van der Waals surface area contributed by atoms with Crippen molar-refractivity contribution in [3.63, 3.8) is 0 Å². The van der Waals surface area contributed by atoms with Gasteiger partial charge in [-0.25, -0.2) is 4.52 Å². The topological polar surface area (TPSA) is 68.7 Å². The van der Waals surface area contributed by atoms with Gasteiger partial charge in [0.15, 0.2) is 5.65 Å². The molecule has 2 N–H and O–H groups in total. The van der Waals surface area contributed by atoms with Crippen molar-refractivity contribution in [2.24, 2.45) is 5.73 Å². The molecule has 1 fully saturated rings. The first kappa shape index (κ1) is 14.3.